The summed E-state index contributed by atoms with van der Waals surface area (Å²) in [5.74, 6) is -0.226. The maximum atomic E-state index is 12.6. The van der Waals surface area contributed by atoms with Crippen LogP contribution < -0.4 is 10.2 Å². The molecule has 0 saturated heterocycles. The van der Waals surface area contributed by atoms with Crippen LogP contribution in [0.3, 0.4) is 0 Å². The largest absolute Gasteiger partial charge is 0.482 e. The third-order valence-corrected chi connectivity index (χ3v) is 4.84. The fraction of sp³-hybridized carbons (Fsp3) is 0.250. The predicted octanol–water partition coefficient (Wildman–Crippen LogP) is 5.08. The maximum absolute atomic E-state index is 12.6. The zero-order chi connectivity index (χ0) is 22.3. The van der Waals surface area contributed by atoms with Crippen LogP contribution in [-0.2, 0) is 11.0 Å². The molecule has 0 atom stereocenters. The zero-order valence-electron chi connectivity index (χ0n) is 16.2. The van der Waals surface area contributed by atoms with Gasteiger partial charge < -0.3 is 15.3 Å². The van der Waals surface area contributed by atoms with Crippen molar-refractivity contribution in [2.75, 3.05) is 17.8 Å². The lowest BCUT2D eigenvalue weighted by Crippen LogP contribution is -2.14. The van der Waals surface area contributed by atoms with E-state index in [1.807, 2.05) is 6.07 Å². The SMILES string of the molecule is CC(=N)/C(CSc1ccc(OCC(=O)O)c(C)c1)=N\Nc1ccc(C(F)(F)F)cc1. The van der Waals surface area contributed by atoms with Crippen molar-refractivity contribution in [2.24, 2.45) is 5.10 Å². The van der Waals surface area contributed by atoms with Crippen LogP contribution in [0, 0.1) is 12.3 Å². The minimum absolute atomic E-state index is 0.222. The number of aryl methyl sites for hydroxylation is 1. The third kappa shape index (κ3) is 7.11. The number of carboxylic acid groups (broad SMARTS) is 1. The second kappa shape index (κ2) is 10.1. The van der Waals surface area contributed by atoms with E-state index in [0.29, 0.717) is 22.9 Å². The molecule has 0 aliphatic rings. The number of hydrogen-bond acceptors (Lipinski definition) is 6. The van der Waals surface area contributed by atoms with Crippen molar-refractivity contribution in [2.45, 2.75) is 24.9 Å². The van der Waals surface area contributed by atoms with E-state index in [2.05, 4.69) is 10.5 Å². The number of carbonyl (C=O) groups is 1. The lowest BCUT2D eigenvalue weighted by molar-refractivity contribution is -0.139. The van der Waals surface area contributed by atoms with E-state index in [4.69, 9.17) is 15.3 Å². The minimum Gasteiger partial charge on any atom is -0.482 e. The fourth-order valence-corrected chi connectivity index (χ4v) is 3.26. The zero-order valence-corrected chi connectivity index (χ0v) is 17.0. The Kier molecular flexibility index (Phi) is 7.87. The first kappa shape index (κ1) is 23.3. The van der Waals surface area contributed by atoms with Crippen LogP contribution in [0.15, 0.2) is 52.5 Å². The molecular formula is C20H20F3N3O3S. The first-order valence-electron chi connectivity index (χ1n) is 8.69. The number of anilines is 1. The molecular weight excluding hydrogens is 419 g/mol. The molecule has 0 aliphatic carbocycles. The molecule has 10 heteroatoms. The van der Waals surface area contributed by atoms with E-state index >= 15 is 0 Å². The Morgan fingerprint density at radius 2 is 1.90 bits per heavy atom. The van der Waals surface area contributed by atoms with Gasteiger partial charge in [-0.05, 0) is 61.9 Å². The third-order valence-electron chi connectivity index (χ3n) is 3.84. The summed E-state index contributed by atoms with van der Waals surface area (Å²) >= 11 is 1.41. The highest BCUT2D eigenvalue weighted by atomic mass is 32.2. The van der Waals surface area contributed by atoms with Gasteiger partial charge in [-0.15, -0.1) is 11.8 Å². The number of halogens is 3. The summed E-state index contributed by atoms with van der Waals surface area (Å²) in [7, 11) is 0. The second-order valence-electron chi connectivity index (χ2n) is 6.27. The number of rotatable bonds is 9. The number of thioether (sulfide) groups is 1. The van der Waals surface area contributed by atoms with Gasteiger partial charge in [0.1, 0.15) is 5.75 Å². The molecule has 0 heterocycles. The normalized spacial score (nSPS) is 11.8. The molecule has 2 aromatic carbocycles. The average molecular weight is 439 g/mol. The summed E-state index contributed by atoms with van der Waals surface area (Å²) in [6.45, 7) is 2.94. The molecule has 0 saturated carbocycles. The Balaban J connectivity index is 2.01. The molecule has 30 heavy (non-hydrogen) atoms. The van der Waals surface area contributed by atoms with Gasteiger partial charge >= 0.3 is 12.1 Å². The molecule has 3 N–H and O–H groups in total. The van der Waals surface area contributed by atoms with Crippen LogP contribution in [-0.4, -0.2) is 34.9 Å². The molecule has 0 fully saturated rings. The molecule has 2 rings (SSSR count). The van der Waals surface area contributed by atoms with Crippen LogP contribution in [0.4, 0.5) is 18.9 Å². The molecule has 0 spiro atoms. The van der Waals surface area contributed by atoms with Crippen LogP contribution >= 0.6 is 11.8 Å². The lowest BCUT2D eigenvalue weighted by Gasteiger charge is -2.10. The number of nitrogens with one attached hydrogen (secondary N) is 2. The quantitative estimate of drug-likeness (QED) is 0.288. The lowest BCUT2D eigenvalue weighted by atomic mass is 10.2. The summed E-state index contributed by atoms with van der Waals surface area (Å²) in [6.07, 6.45) is -4.40. The van der Waals surface area contributed by atoms with Crippen molar-refractivity contribution in [3.05, 3.63) is 53.6 Å². The van der Waals surface area contributed by atoms with Crippen LogP contribution in [0.25, 0.3) is 0 Å². The van der Waals surface area contributed by atoms with Crippen molar-refractivity contribution in [1.82, 2.24) is 0 Å². The van der Waals surface area contributed by atoms with Gasteiger partial charge in [-0.2, -0.15) is 18.3 Å². The summed E-state index contributed by atoms with van der Waals surface area (Å²) < 4.78 is 43.0. The Morgan fingerprint density at radius 1 is 1.23 bits per heavy atom. The van der Waals surface area contributed by atoms with Gasteiger partial charge in [-0.1, -0.05) is 0 Å². The summed E-state index contributed by atoms with van der Waals surface area (Å²) in [5, 5.41) is 20.7. The first-order chi connectivity index (χ1) is 14.1. The van der Waals surface area contributed by atoms with Crippen LogP contribution in [0.5, 0.6) is 5.75 Å². The summed E-state index contributed by atoms with van der Waals surface area (Å²) in [5.41, 5.74) is 3.74. The number of hydrogen-bond donors (Lipinski definition) is 3. The van der Waals surface area contributed by atoms with Gasteiger partial charge in [0.15, 0.2) is 6.61 Å². The van der Waals surface area contributed by atoms with Gasteiger partial charge in [-0.3, -0.25) is 5.43 Å². The molecule has 0 aromatic heterocycles. The number of aliphatic carboxylic acids is 1. The van der Waals surface area contributed by atoms with Gasteiger partial charge in [0.05, 0.1) is 22.7 Å². The van der Waals surface area contributed by atoms with Crippen molar-refractivity contribution in [3.63, 3.8) is 0 Å². The average Bonchev–Trinajstić information content (AvgIpc) is 2.66. The Labute approximate surface area is 175 Å². The molecule has 0 radical (unpaired) electrons. The van der Waals surface area contributed by atoms with E-state index in [1.165, 1.54) is 23.9 Å². The van der Waals surface area contributed by atoms with Crippen LogP contribution in [0.2, 0.25) is 0 Å². The van der Waals surface area contributed by atoms with Gasteiger partial charge in [0.2, 0.25) is 0 Å². The van der Waals surface area contributed by atoms with Crippen molar-refractivity contribution >= 4 is 34.8 Å². The van der Waals surface area contributed by atoms with Crippen molar-refractivity contribution < 1.29 is 27.8 Å². The molecule has 0 unspecified atom stereocenters. The highest BCUT2D eigenvalue weighted by molar-refractivity contribution is 8.00. The van der Waals surface area contributed by atoms with Crippen molar-refractivity contribution in [3.8, 4) is 5.75 Å². The first-order valence-corrected chi connectivity index (χ1v) is 9.68. The van der Waals surface area contributed by atoms with Crippen molar-refractivity contribution in [1.29, 1.82) is 5.41 Å². The Bertz CT molecular complexity index is 945. The second-order valence-corrected chi connectivity index (χ2v) is 7.32. The number of ether oxygens (including phenoxy) is 1. The predicted molar refractivity (Wildman–Crippen MR) is 111 cm³/mol. The van der Waals surface area contributed by atoms with E-state index in [1.54, 1.807) is 26.0 Å². The minimum atomic E-state index is -4.40. The molecule has 0 aliphatic heterocycles. The van der Waals surface area contributed by atoms with Gasteiger partial charge in [0, 0.05) is 10.6 Å². The van der Waals surface area contributed by atoms with E-state index < -0.39 is 24.3 Å². The molecule has 160 valence electrons. The van der Waals surface area contributed by atoms with Gasteiger partial charge in [-0.25, -0.2) is 4.79 Å². The van der Waals surface area contributed by atoms with E-state index in [-0.39, 0.29) is 5.71 Å². The summed E-state index contributed by atoms with van der Waals surface area (Å²) in [6, 6.07) is 9.75. The monoisotopic (exact) mass is 439 g/mol. The fourth-order valence-electron chi connectivity index (χ4n) is 2.25. The Hall–Kier alpha value is -3.01. The van der Waals surface area contributed by atoms with E-state index in [0.717, 1.165) is 22.6 Å². The smallest absolute Gasteiger partial charge is 0.416 e. The van der Waals surface area contributed by atoms with Crippen LogP contribution in [0.1, 0.15) is 18.1 Å². The highest BCUT2D eigenvalue weighted by Gasteiger charge is 2.29. The standard InChI is InChI=1S/C20H20F3N3O3S/c1-12-9-16(7-8-18(12)29-10-19(27)28)30-11-17(13(2)24)26-25-15-5-3-14(4-6-15)20(21,22)23/h3-9,24-25H,10-11H2,1-2H3,(H,27,28)/b24-13?,26-17-. The Morgan fingerprint density at radius 3 is 2.43 bits per heavy atom. The number of carboxylic acids is 1. The van der Waals surface area contributed by atoms with Gasteiger partial charge in [0.25, 0.3) is 0 Å². The van der Waals surface area contributed by atoms with E-state index in [9.17, 15) is 18.0 Å². The molecule has 2 aromatic rings. The number of hydrazone groups is 1. The number of benzene rings is 2. The number of nitrogens with zero attached hydrogens (tertiary/aromatic N) is 1. The summed E-state index contributed by atoms with van der Waals surface area (Å²) in [4.78, 5) is 11.5. The maximum Gasteiger partial charge on any atom is 0.416 e. The molecule has 0 amide bonds. The highest BCUT2D eigenvalue weighted by Crippen LogP contribution is 2.30. The topological polar surface area (TPSA) is 94.8 Å². The number of alkyl halides is 3. The molecule has 6 nitrogen and oxygen atoms in total. The molecule has 0 bridgehead atoms.